The first-order valence-corrected chi connectivity index (χ1v) is 5.99. The average Bonchev–Trinajstić information content (AvgIpc) is 2.88. The average molecular weight is 230 g/mol. The summed E-state index contributed by atoms with van der Waals surface area (Å²) in [5, 5.41) is 10.2. The number of nitrogens with one attached hydrogen (secondary N) is 2. The van der Waals surface area contributed by atoms with Gasteiger partial charge in [-0.15, -0.1) is 0 Å². The summed E-state index contributed by atoms with van der Waals surface area (Å²) >= 11 is 0. The molecule has 0 saturated carbocycles. The van der Waals surface area contributed by atoms with Crippen LogP contribution in [0.3, 0.4) is 0 Å². The summed E-state index contributed by atoms with van der Waals surface area (Å²) < 4.78 is 0. The minimum atomic E-state index is 0.394. The van der Waals surface area contributed by atoms with Crippen LogP contribution in [-0.4, -0.2) is 21.7 Å². The first-order chi connectivity index (χ1) is 8.36. The lowest BCUT2D eigenvalue weighted by Gasteiger charge is -2.13. The number of rotatable bonds is 6. The number of benzene rings is 1. The Labute approximate surface area is 101 Å². The molecular weight excluding hydrogens is 212 g/mol. The van der Waals surface area contributed by atoms with Crippen LogP contribution in [0.2, 0.25) is 0 Å². The lowest BCUT2D eigenvalue weighted by Crippen LogP contribution is -2.20. The van der Waals surface area contributed by atoms with Gasteiger partial charge in [-0.1, -0.05) is 30.3 Å². The zero-order valence-electron chi connectivity index (χ0n) is 10.1. The Morgan fingerprint density at radius 1 is 1.29 bits per heavy atom. The van der Waals surface area contributed by atoms with Crippen LogP contribution < -0.4 is 5.32 Å². The number of nitrogens with zero attached hydrogens (tertiary/aromatic N) is 2. The highest BCUT2D eigenvalue weighted by molar-refractivity contribution is 5.17. The molecule has 90 valence electrons. The Hall–Kier alpha value is -1.68. The SMILES string of the molecule is CC(NCCCc1ncn[nH]1)c1ccccc1. The van der Waals surface area contributed by atoms with Crippen molar-refractivity contribution in [3.8, 4) is 0 Å². The Morgan fingerprint density at radius 2 is 2.12 bits per heavy atom. The molecule has 1 aromatic heterocycles. The summed E-state index contributed by atoms with van der Waals surface area (Å²) in [7, 11) is 0. The Bertz CT molecular complexity index is 410. The molecule has 0 radical (unpaired) electrons. The molecule has 0 aliphatic heterocycles. The number of aromatic nitrogens is 3. The minimum absolute atomic E-state index is 0.394. The molecule has 2 rings (SSSR count). The van der Waals surface area contributed by atoms with Gasteiger partial charge >= 0.3 is 0 Å². The largest absolute Gasteiger partial charge is 0.310 e. The molecule has 1 aromatic carbocycles. The molecule has 17 heavy (non-hydrogen) atoms. The maximum absolute atomic E-state index is 4.10. The lowest BCUT2D eigenvalue weighted by molar-refractivity contribution is 0.554. The molecule has 0 saturated heterocycles. The maximum Gasteiger partial charge on any atom is 0.137 e. The first kappa shape index (κ1) is 11.8. The molecule has 1 atom stereocenters. The highest BCUT2D eigenvalue weighted by Gasteiger charge is 2.03. The summed E-state index contributed by atoms with van der Waals surface area (Å²) in [6, 6.07) is 10.9. The van der Waals surface area contributed by atoms with Gasteiger partial charge in [-0.05, 0) is 25.5 Å². The van der Waals surface area contributed by atoms with E-state index in [9.17, 15) is 0 Å². The van der Waals surface area contributed by atoms with Crippen LogP contribution in [0, 0.1) is 0 Å². The van der Waals surface area contributed by atoms with E-state index in [2.05, 4.69) is 51.7 Å². The van der Waals surface area contributed by atoms with Crippen molar-refractivity contribution in [2.45, 2.75) is 25.8 Å². The highest BCUT2D eigenvalue weighted by atomic mass is 15.2. The predicted octanol–water partition coefficient (Wildman–Crippen LogP) is 2.09. The van der Waals surface area contributed by atoms with Crippen LogP contribution in [0.4, 0.5) is 0 Å². The predicted molar refractivity (Wildman–Crippen MR) is 67.6 cm³/mol. The molecule has 0 aliphatic carbocycles. The van der Waals surface area contributed by atoms with E-state index < -0.39 is 0 Å². The van der Waals surface area contributed by atoms with E-state index in [-0.39, 0.29) is 0 Å². The van der Waals surface area contributed by atoms with Gasteiger partial charge in [-0.25, -0.2) is 4.98 Å². The highest BCUT2D eigenvalue weighted by Crippen LogP contribution is 2.10. The van der Waals surface area contributed by atoms with Crippen molar-refractivity contribution < 1.29 is 0 Å². The van der Waals surface area contributed by atoms with Gasteiger partial charge < -0.3 is 5.32 Å². The molecule has 1 unspecified atom stereocenters. The zero-order valence-corrected chi connectivity index (χ0v) is 10.1. The molecule has 0 aliphatic rings. The van der Waals surface area contributed by atoms with Gasteiger partial charge in [0.05, 0.1) is 0 Å². The summed E-state index contributed by atoms with van der Waals surface area (Å²) in [5.41, 5.74) is 1.33. The zero-order chi connectivity index (χ0) is 11.9. The monoisotopic (exact) mass is 230 g/mol. The quantitative estimate of drug-likeness (QED) is 0.747. The Balaban J connectivity index is 1.68. The minimum Gasteiger partial charge on any atom is -0.310 e. The van der Waals surface area contributed by atoms with Crippen LogP contribution in [0.5, 0.6) is 0 Å². The topological polar surface area (TPSA) is 53.6 Å². The smallest absolute Gasteiger partial charge is 0.137 e. The summed E-state index contributed by atoms with van der Waals surface area (Å²) in [4.78, 5) is 4.10. The fourth-order valence-corrected chi connectivity index (χ4v) is 1.79. The van der Waals surface area contributed by atoms with Crippen molar-refractivity contribution in [3.63, 3.8) is 0 Å². The fraction of sp³-hybridized carbons (Fsp3) is 0.385. The molecule has 2 N–H and O–H groups in total. The van der Waals surface area contributed by atoms with Crippen molar-refractivity contribution in [1.82, 2.24) is 20.5 Å². The van der Waals surface area contributed by atoms with E-state index in [0.29, 0.717) is 6.04 Å². The Kier molecular flexibility index (Phi) is 4.27. The van der Waals surface area contributed by atoms with Gasteiger partial charge in [0.2, 0.25) is 0 Å². The van der Waals surface area contributed by atoms with Crippen molar-refractivity contribution in [1.29, 1.82) is 0 Å². The van der Waals surface area contributed by atoms with Crippen molar-refractivity contribution in [3.05, 3.63) is 48.0 Å². The number of aromatic amines is 1. The Morgan fingerprint density at radius 3 is 2.82 bits per heavy atom. The van der Waals surface area contributed by atoms with Gasteiger partial charge in [-0.3, -0.25) is 5.10 Å². The van der Waals surface area contributed by atoms with Crippen LogP contribution >= 0.6 is 0 Å². The second-order valence-corrected chi connectivity index (χ2v) is 4.12. The molecule has 0 spiro atoms. The van der Waals surface area contributed by atoms with Gasteiger partial charge in [0, 0.05) is 12.5 Å². The first-order valence-electron chi connectivity index (χ1n) is 5.99. The molecule has 0 bridgehead atoms. The molecule has 4 nitrogen and oxygen atoms in total. The van der Waals surface area contributed by atoms with E-state index in [1.54, 1.807) is 6.33 Å². The molecule has 0 fully saturated rings. The normalized spacial score (nSPS) is 12.5. The third-order valence-corrected chi connectivity index (χ3v) is 2.81. The van der Waals surface area contributed by atoms with Gasteiger partial charge in [0.1, 0.15) is 12.2 Å². The lowest BCUT2D eigenvalue weighted by atomic mass is 10.1. The van der Waals surface area contributed by atoms with Crippen molar-refractivity contribution in [2.75, 3.05) is 6.54 Å². The van der Waals surface area contributed by atoms with E-state index >= 15 is 0 Å². The number of aryl methyl sites for hydroxylation is 1. The van der Waals surface area contributed by atoms with Gasteiger partial charge in [-0.2, -0.15) is 5.10 Å². The van der Waals surface area contributed by atoms with E-state index in [0.717, 1.165) is 25.2 Å². The van der Waals surface area contributed by atoms with Crippen molar-refractivity contribution in [2.24, 2.45) is 0 Å². The third-order valence-electron chi connectivity index (χ3n) is 2.81. The fourth-order valence-electron chi connectivity index (χ4n) is 1.79. The molecule has 2 aromatic rings. The van der Waals surface area contributed by atoms with E-state index in [4.69, 9.17) is 0 Å². The summed E-state index contributed by atoms with van der Waals surface area (Å²) in [5.74, 6) is 0.958. The van der Waals surface area contributed by atoms with Gasteiger partial charge in [0.15, 0.2) is 0 Å². The summed E-state index contributed by atoms with van der Waals surface area (Å²) in [6.07, 6.45) is 3.55. The van der Waals surface area contributed by atoms with Crippen LogP contribution in [0.15, 0.2) is 36.7 Å². The molecule has 4 heteroatoms. The molecular formula is C13H18N4. The van der Waals surface area contributed by atoms with Crippen LogP contribution in [0.1, 0.15) is 30.8 Å². The number of hydrogen-bond acceptors (Lipinski definition) is 3. The van der Waals surface area contributed by atoms with E-state index in [1.165, 1.54) is 5.56 Å². The third kappa shape index (κ3) is 3.67. The maximum atomic E-state index is 4.10. The molecule has 1 heterocycles. The second-order valence-electron chi connectivity index (χ2n) is 4.12. The number of H-pyrrole nitrogens is 1. The van der Waals surface area contributed by atoms with Crippen LogP contribution in [0.25, 0.3) is 0 Å². The van der Waals surface area contributed by atoms with Crippen molar-refractivity contribution >= 4 is 0 Å². The van der Waals surface area contributed by atoms with Gasteiger partial charge in [0.25, 0.3) is 0 Å². The molecule has 0 amide bonds. The standard InChI is InChI=1S/C13H18N4/c1-11(12-6-3-2-4-7-12)14-9-5-8-13-15-10-16-17-13/h2-4,6-7,10-11,14H,5,8-9H2,1H3,(H,15,16,17). The van der Waals surface area contributed by atoms with Crippen LogP contribution in [-0.2, 0) is 6.42 Å². The number of hydrogen-bond donors (Lipinski definition) is 2. The second kappa shape index (κ2) is 6.15. The summed E-state index contributed by atoms with van der Waals surface area (Å²) in [6.45, 7) is 3.17. The van der Waals surface area contributed by atoms with E-state index in [1.807, 2.05) is 6.07 Å².